The predicted octanol–water partition coefficient (Wildman–Crippen LogP) is 1.16. The summed E-state index contributed by atoms with van der Waals surface area (Å²) >= 11 is 0. The number of ether oxygens (including phenoxy) is 1. The van der Waals surface area contributed by atoms with Crippen LogP contribution in [0.5, 0.6) is 0 Å². The summed E-state index contributed by atoms with van der Waals surface area (Å²) < 4.78 is 4.70. The molecule has 0 aliphatic rings. The first kappa shape index (κ1) is 13.4. The molecule has 0 N–H and O–H groups in total. The van der Waals surface area contributed by atoms with E-state index in [9.17, 15) is 4.79 Å². The summed E-state index contributed by atoms with van der Waals surface area (Å²) in [6.45, 7) is 4.14. The Morgan fingerprint density at radius 2 is 1.83 bits per heavy atom. The lowest BCUT2D eigenvalue weighted by Crippen LogP contribution is -1.99. The molecule has 0 aromatic carbocycles. The van der Waals surface area contributed by atoms with Gasteiger partial charge in [-0.3, -0.25) is 4.79 Å². The molecule has 0 rings (SSSR count). The van der Waals surface area contributed by atoms with E-state index in [-0.39, 0.29) is 12.1 Å². The van der Waals surface area contributed by atoms with E-state index in [2.05, 4.69) is 6.92 Å². The molecule has 0 aliphatic carbocycles. The summed E-state index contributed by atoms with van der Waals surface area (Å²) in [4.78, 5) is 26.4. The maximum Gasteiger partial charge on any atom is 0.373 e. The Hall–Kier alpha value is -1.15. The van der Waals surface area contributed by atoms with Crippen molar-refractivity contribution in [1.29, 1.82) is 0 Å². The summed E-state index contributed by atoms with van der Waals surface area (Å²) in [6.07, 6.45) is 3.56. The SMILES string of the molecule is CCCCCOC(C)=O.O=C=O. The van der Waals surface area contributed by atoms with Gasteiger partial charge in [-0.1, -0.05) is 19.8 Å². The van der Waals surface area contributed by atoms with E-state index in [1.54, 1.807) is 0 Å². The minimum Gasteiger partial charge on any atom is -0.466 e. The van der Waals surface area contributed by atoms with Crippen LogP contribution in [0.2, 0.25) is 0 Å². The van der Waals surface area contributed by atoms with Crippen molar-refractivity contribution in [2.45, 2.75) is 33.1 Å². The molecular weight excluding hydrogens is 160 g/mol. The van der Waals surface area contributed by atoms with Gasteiger partial charge in [-0.2, -0.15) is 9.59 Å². The van der Waals surface area contributed by atoms with E-state index in [0.717, 1.165) is 12.8 Å². The zero-order valence-electron chi connectivity index (χ0n) is 7.46. The standard InChI is InChI=1S/C7H14O2.CO2/c1-3-4-5-6-9-7(2)8;2-1-3/h3-6H2,1-2H3;. The molecule has 0 aliphatic heterocycles. The van der Waals surface area contributed by atoms with Crippen molar-refractivity contribution in [1.82, 2.24) is 0 Å². The van der Waals surface area contributed by atoms with Gasteiger partial charge in [0.15, 0.2) is 0 Å². The molecule has 12 heavy (non-hydrogen) atoms. The van der Waals surface area contributed by atoms with E-state index in [4.69, 9.17) is 14.3 Å². The summed E-state index contributed by atoms with van der Waals surface area (Å²) in [5, 5.41) is 0. The number of esters is 1. The average Bonchev–Trinajstić information content (AvgIpc) is 1.99. The number of carbonyl (C=O) groups excluding carboxylic acids is 3. The van der Waals surface area contributed by atoms with Gasteiger partial charge in [-0.05, 0) is 6.42 Å². The lowest BCUT2D eigenvalue weighted by atomic mass is 10.3. The first-order valence-corrected chi connectivity index (χ1v) is 3.81. The fraction of sp³-hybridized carbons (Fsp3) is 0.750. The van der Waals surface area contributed by atoms with E-state index < -0.39 is 0 Å². The molecule has 4 heteroatoms. The molecule has 0 amide bonds. The summed E-state index contributed by atoms with van der Waals surface area (Å²) in [6, 6.07) is 0. The molecular formula is C8H14O4. The first-order chi connectivity index (χ1) is 5.68. The quantitative estimate of drug-likeness (QED) is 0.474. The van der Waals surface area contributed by atoms with E-state index >= 15 is 0 Å². The van der Waals surface area contributed by atoms with Gasteiger partial charge in [0.05, 0.1) is 6.61 Å². The maximum atomic E-state index is 10.2. The third-order valence-corrected chi connectivity index (χ3v) is 1.05. The number of unbranched alkanes of at least 4 members (excludes halogenated alkanes) is 2. The maximum absolute atomic E-state index is 10.2. The highest BCUT2D eigenvalue weighted by atomic mass is 16.5. The molecule has 0 atom stereocenters. The summed E-state index contributed by atoms with van der Waals surface area (Å²) in [5.41, 5.74) is 0. The van der Waals surface area contributed by atoms with Gasteiger partial charge in [-0.15, -0.1) is 0 Å². The largest absolute Gasteiger partial charge is 0.466 e. The molecule has 0 heterocycles. The van der Waals surface area contributed by atoms with Crippen molar-refractivity contribution >= 4 is 12.1 Å². The van der Waals surface area contributed by atoms with Crippen molar-refractivity contribution in [2.75, 3.05) is 6.61 Å². The lowest BCUT2D eigenvalue weighted by Gasteiger charge is -1.98. The van der Waals surface area contributed by atoms with Crippen molar-refractivity contribution in [2.24, 2.45) is 0 Å². The highest BCUT2D eigenvalue weighted by Gasteiger charge is 1.89. The Labute approximate surface area is 71.9 Å². The van der Waals surface area contributed by atoms with Crippen LogP contribution in [0.1, 0.15) is 33.1 Å². The van der Waals surface area contributed by atoms with Crippen molar-refractivity contribution in [3.8, 4) is 0 Å². The zero-order chi connectivity index (χ0) is 9.82. The van der Waals surface area contributed by atoms with Gasteiger partial charge in [0.25, 0.3) is 0 Å². The Bertz CT molecular complexity index is 136. The van der Waals surface area contributed by atoms with Crippen LogP contribution in [0.3, 0.4) is 0 Å². The van der Waals surface area contributed by atoms with Gasteiger partial charge in [0, 0.05) is 6.92 Å². The van der Waals surface area contributed by atoms with Gasteiger partial charge in [-0.25, -0.2) is 0 Å². The van der Waals surface area contributed by atoms with Crippen LogP contribution in [0.25, 0.3) is 0 Å². The van der Waals surface area contributed by atoms with Gasteiger partial charge in [0.2, 0.25) is 0 Å². The van der Waals surface area contributed by atoms with E-state index in [1.807, 2.05) is 0 Å². The molecule has 0 aromatic rings. The Balaban J connectivity index is 0. The fourth-order valence-electron chi connectivity index (χ4n) is 0.568. The minimum absolute atomic E-state index is 0.175. The minimum atomic E-state index is -0.175. The smallest absolute Gasteiger partial charge is 0.373 e. The van der Waals surface area contributed by atoms with E-state index in [0.29, 0.717) is 6.61 Å². The highest BCUT2D eigenvalue weighted by Crippen LogP contribution is 1.93. The van der Waals surface area contributed by atoms with Crippen LogP contribution in [0.4, 0.5) is 0 Å². The monoisotopic (exact) mass is 174 g/mol. The van der Waals surface area contributed by atoms with Crippen molar-refractivity contribution < 1.29 is 19.1 Å². The highest BCUT2D eigenvalue weighted by molar-refractivity contribution is 5.65. The number of hydrogen-bond donors (Lipinski definition) is 0. The summed E-state index contributed by atoms with van der Waals surface area (Å²) in [5.74, 6) is -0.175. The lowest BCUT2D eigenvalue weighted by molar-refractivity contribution is -0.191. The zero-order valence-corrected chi connectivity index (χ0v) is 7.46. The molecule has 0 radical (unpaired) electrons. The van der Waals surface area contributed by atoms with E-state index in [1.165, 1.54) is 13.3 Å². The van der Waals surface area contributed by atoms with Crippen LogP contribution in [-0.4, -0.2) is 18.7 Å². The van der Waals surface area contributed by atoms with Gasteiger partial charge < -0.3 is 4.74 Å². The van der Waals surface area contributed by atoms with Crippen molar-refractivity contribution in [3.05, 3.63) is 0 Å². The third kappa shape index (κ3) is 23.2. The second-order valence-corrected chi connectivity index (χ2v) is 2.13. The molecule has 0 bridgehead atoms. The average molecular weight is 174 g/mol. The van der Waals surface area contributed by atoms with Gasteiger partial charge >= 0.3 is 12.1 Å². The Morgan fingerprint density at radius 3 is 2.17 bits per heavy atom. The van der Waals surface area contributed by atoms with Crippen LogP contribution in [0.15, 0.2) is 0 Å². The number of rotatable bonds is 4. The molecule has 0 saturated carbocycles. The summed E-state index contributed by atoms with van der Waals surface area (Å²) in [7, 11) is 0. The molecule has 0 saturated heterocycles. The number of carbonyl (C=O) groups is 1. The second-order valence-electron chi connectivity index (χ2n) is 2.13. The van der Waals surface area contributed by atoms with Crippen molar-refractivity contribution in [3.63, 3.8) is 0 Å². The Morgan fingerprint density at radius 1 is 1.33 bits per heavy atom. The normalized spacial score (nSPS) is 7.50. The molecule has 70 valence electrons. The Kier molecular flexibility index (Phi) is 14.0. The van der Waals surface area contributed by atoms with Crippen LogP contribution in [0, 0.1) is 0 Å². The number of hydrogen-bond acceptors (Lipinski definition) is 4. The molecule has 0 unspecified atom stereocenters. The molecule has 0 spiro atoms. The fourth-order valence-corrected chi connectivity index (χ4v) is 0.568. The topological polar surface area (TPSA) is 60.4 Å². The molecule has 0 fully saturated rings. The first-order valence-electron chi connectivity index (χ1n) is 3.81. The van der Waals surface area contributed by atoms with Crippen LogP contribution in [-0.2, 0) is 19.1 Å². The third-order valence-electron chi connectivity index (χ3n) is 1.05. The second kappa shape index (κ2) is 12.5. The predicted molar refractivity (Wildman–Crippen MR) is 41.2 cm³/mol. The molecule has 0 aromatic heterocycles. The molecule has 4 nitrogen and oxygen atoms in total. The van der Waals surface area contributed by atoms with Gasteiger partial charge in [0.1, 0.15) is 0 Å². The van der Waals surface area contributed by atoms with Crippen LogP contribution < -0.4 is 0 Å². The van der Waals surface area contributed by atoms with Crippen LogP contribution >= 0.6 is 0 Å².